The molecule has 0 spiro atoms. The van der Waals surface area contributed by atoms with E-state index in [4.69, 9.17) is 0 Å². The van der Waals surface area contributed by atoms with Crippen LogP contribution in [-0.2, 0) is 20.7 Å². The summed E-state index contributed by atoms with van der Waals surface area (Å²) in [6.45, 7) is 2.80. The Hall–Kier alpha value is -2.83. The third-order valence-corrected chi connectivity index (χ3v) is 4.08. The number of hydrogen-bond donors (Lipinski definition) is 2. The largest absolute Gasteiger partial charge is 0.503 e. The minimum atomic E-state index is -0.502. The van der Waals surface area contributed by atoms with E-state index in [0.717, 1.165) is 12.0 Å². The number of aryl methyl sites for hydroxylation is 1. The lowest BCUT2D eigenvalue weighted by Crippen LogP contribution is -2.30. The van der Waals surface area contributed by atoms with Crippen molar-refractivity contribution < 1.29 is 24.2 Å². The van der Waals surface area contributed by atoms with Crippen LogP contribution in [0.15, 0.2) is 35.6 Å². The monoisotopic (exact) mass is 346 g/mol. The van der Waals surface area contributed by atoms with Crippen LogP contribution in [0.3, 0.4) is 0 Å². The number of hydrogen-bond acceptors (Lipinski definition) is 5. The van der Waals surface area contributed by atoms with Crippen LogP contribution in [0.5, 0.6) is 0 Å². The summed E-state index contributed by atoms with van der Waals surface area (Å²) >= 11 is 0. The average Bonchev–Trinajstić information content (AvgIpc) is 2.93. The smallest absolute Gasteiger partial charge is 0.337 e. The molecule has 0 unspecified atom stereocenters. The van der Waals surface area contributed by atoms with Gasteiger partial charge in [-0.05, 0) is 37.5 Å². The first-order valence-electron chi connectivity index (χ1n) is 8.14. The minimum absolute atomic E-state index is 0.120. The molecule has 1 aliphatic heterocycles. The maximum Gasteiger partial charge on any atom is 0.337 e. The summed E-state index contributed by atoms with van der Waals surface area (Å²) in [6, 6.07) is 7.09. The predicted octanol–water partition coefficient (Wildman–Crippen LogP) is 1.20. The van der Waals surface area contributed by atoms with Crippen molar-refractivity contribution in [3.63, 3.8) is 0 Å². The Morgan fingerprint density at radius 1 is 1.28 bits per heavy atom. The second kappa shape index (κ2) is 8.32. The van der Waals surface area contributed by atoms with Gasteiger partial charge in [-0.25, -0.2) is 4.79 Å². The third-order valence-electron chi connectivity index (χ3n) is 4.08. The van der Waals surface area contributed by atoms with Crippen molar-refractivity contribution in [2.24, 2.45) is 0 Å². The lowest BCUT2D eigenvalue weighted by atomic mass is 10.1. The van der Waals surface area contributed by atoms with Gasteiger partial charge in [-0.15, -0.1) is 0 Å². The first-order valence-corrected chi connectivity index (χ1v) is 8.14. The number of amides is 2. The molecule has 7 nitrogen and oxygen atoms in total. The van der Waals surface area contributed by atoms with Crippen LogP contribution in [0.4, 0.5) is 0 Å². The molecule has 2 rings (SSSR count). The van der Waals surface area contributed by atoms with Gasteiger partial charge < -0.3 is 20.1 Å². The molecule has 0 aliphatic carbocycles. The van der Waals surface area contributed by atoms with E-state index in [2.05, 4.69) is 10.1 Å². The summed E-state index contributed by atoms with van der Waals surface area (Å²) in [6.07, 6.45) is 1.43. The van der Waals surface area contributed by atoms with E-state index >= 15 is 0 Å². The molecule has 0 fully saturated rings. The summed E-state index contributed by atoms with van der Waals surface area (Å²) in [5, 5.41) is 12.5. The Labute approximate surface area is 146 Å². The zero-order valence-corrected chi connectivity index (χ0v) is 14.4. The van der Waals surface area contributed by atoms with E-state index in [1.165, 1.54) is 12.0 Å². The van der Waals surface area contributed by atoms with E-state index in [1.54, 1.807) is 19.1 Å². The zero-order valence-electron chi connectivity index (χ0n) is 14.4. The van der Waals surface area contributed by atoms with Crippen molar-refractivity contribution in [1.29, 1.82) is 0 Å². The molecule has 0 saturated heterocycles. The molecule has 1 heterocycles. The Kier molecular flexibility index (Phi) is 6.16. The third kappa shape index (κ3) is 4.37. The van der Waals surface area contributed by atoms with Gasteiger partial charge in [0.25, 0.3) is 11.8 Å². The molecule has 2 N–H and O–H groups in total. The van der Waals surface area contributed by atoms with Gasteiger partial charge in [0.2, 0.25) is 0 Å². The molecule has 0 aromatic heterocycles. The van der Waals surface area contributed by atoms with Crippen molar-refractivity contribution >= 4 is 17.8 Å². The molecule has 0 atom stereocenters. The molecule has 0 radical (unpaired) electrons. The molecule has 2 amide bonds. The number of esters is 1. The van der Waals surface area contributed by atoms with Gasteiger partial charge >= 0.3 is 5.97 Å². The van der Waals surface area contributed by atoms with E-state index in [1.807, 2.05) is 12.1 Å². The number of likely N-dealkylation sites (N-methyl/N-ethyl adjacent to an activating group) is 1. The van der Waals surface area contributed by atoms with Gasteiger partial charge in [0.15, 0.2) is 5.76 Å². The first-order chi connectivity index (χ1) is 12.0. The topological polar surface area (TPSA) is 95.9 Å². The maximum atomic E-state index is 12.1. The fourth-order valence-corrected chi connectivity index (χ4v) is 2.58. The second-order valence-corrected chi connectivity index (χ2v) is 5.69. The number of aliphatic hydroxyl groups excluding tert-OH is 1. The molecule has 1 aliphatic rings. The number of nitrogens with one attached hydrogen (secondary N) is 1. The predicted molar refractivity (Wildman–Crippen MR) is 91.0 cm³/mol. The molecule has 0 bridgehead atoms. The highest BCUT2D eigenvalue weighted by atomic mass is 16.5. The van der Waals surface area contributed by atoms with Crippen LogP contribution in [0.2, 0.25) is 0 Å². The van der Waals surface area contributed by atoms with E-state index in [9.17, 15) is 19.5 Å². The zero-order chi connectivity index (χ0) is 18.4. The first kappa shape index (κ1) is 18.5. The molecule has 7 heteroatoms. The highest BCUT2D eigenvalue weighted by Crippen LogP contribution is 2.16. The Morgan fingerprint density at radius 2 is 1.96 bits per heavy atom. The van der Waals surface area contributed by atoms with Crippen LogP contribution < -0.4 is 5.32 Å². The molecular formula is C18H22N2O5. The number of nitrogens with zero attached hydrogens (tertiary/aromatic N) is 1. The highest BCUT2D eigenvalue weighted by molar-refractivity contribution is 6.06. The number of ether oxygens (including phenoxy) is 1. The summed E-state index contributed by atoms with van der Waals surface area (Å²) in [5.41, 5.74) is 1.65. The van der Waals surface area contributed by atoms with Crippen LogP contribution >= 0.6 is 0 Å². The van der Waals surface area contributed by atoms with Crippen molar-refractivity contribution in [2.45, 2.75) is 19.8 Å². The molecule has 0 saturated carbocycles. The number of rotatable bonds is 7. The quantitative estimate of drug-likeness (QED) is 0.571. The Morgan fingerprint density at radius 3 is 2.52 bits per heavy atom. The van der Waals surface area contributed by atoms with Gasteiger partial charge in [-0.2, -0.15) is 0 Å². The normalized spacial score (nSPS) is 14.0. The van der Waals surface area contributed by atoms with E-state index in [-0.39, 0.29) is 18.1 Å². The summed E-state index contributed by atoms with van der Waals surface area (Å²) < 4.78 is 4.64. The van der Waals surface area contributed by atoms with Gasteiger partial charge in [0, 0.05) is 13.1 Å². The summed E-state index contributed by atoms with van der Waals surface area (Å²) in [5.74, 6) is -1.75. The number of methoxy groups -OCH3 is 1. The summed E-state index contributed by atoms with van der Waals surface area (Å²) in [4.78, 5) is 36.5. The number of carbonyl (C=O) groups is 3. The molecule has 1 aromatic rings. The van der Waals surface area contributed by atoms with Crippen LogP contribution in [0, 0.1) is 0 Å². The fourth-order valence-electron chi connectivity index (χ4n) is 2.58. The molecule has 25 heavy (non-hydrogen) atoms. The van der Waals surface area contributed by atoms with Gasteiger partial charge in [-0.1, -0.05) is 12.1 Å². The lowest BCUT2D eigenvalue weighted by Gasteiger charge is -2.12. The van der Waals surface area contributed by atoms with E-state index < -0.39 is 17.6 Å². The highest BCUT2D eigenvalue weighted by Gasteiger charge is 2.32. The lowest BCUT2D eigenvalue weighted by molar-refractivity contribution is -0.127. The standard InChI is InChI=1S/C18H22N2O5/c1-3-20-11-14(15(21)17(20)23)16(22)19-10-4-5-12-6-8-13(9-7-12)18(24)25-2/h6-9,21H,3-5,10-11H2,1-2H3,(H,19,22). The van der Waals surface area contributed by atoms with E-state index in [0.29, 0.717) is 25.1 Å². The van der Waals surface area contributed by atoms with Crippen LogP contribution in [0.1, 0.15) is 29.3 Å². The SMILES string of the molecule is CCN1CC(C(=O)NCCCc2ccc(C(=O)OC)cc2)=C(O)C1=O. The van der Waals surface area contributed by atoms with Crippen molar-refractivity contribution in [2.75, 3.05) is 26.7 Å². The van der Waals surface area contributed by atoms with Crippen molar-refractivity contribution in [1.82, 2.24) is 10.2 Å². The van der Waals surface area contributed by atoms with Crippen LogP contribution in [-0.4, -0.2) is 54.5 Å². The number of aliphatic hydroxyl groups is 1. The molecule has 134 valence electrons. The van der Waals surface area contributed by atoms with Crippen molar-refractivity contribution in [3.05, 3.63) is 46.7 Å². The molecular weight excluding hydrogens is 324 g/mol. The second-order valence-electron chi connectivity index (χ2n) is 5.69. The minimum Gasteiger partial charge on any atom is -0.503 e. The van der Waals surface area contributed by atoms with Gasteiger partial charge in [0.05, 0.1) is 24.8 Å². The number of benzene rings is 1. The van der Waals surface area contributed by atoms with Crippen molar-refractivity contribution in [3.8, 4) is 0 Å². The fraction of sp³-hybridized carbons (Fsp3) is 0.389. The molecule has 1 aromatic carbocycles. The maximum absolute atomic E-state index is 12.1. The Bertz CT molecular complexity index is 694. The Balaban J connectivity index is 1.79. The van der Waals surface area contributed by atoms with Gasteiger partial charge in [0.1, 0.15) is 0 Å². The van der Waals surface area contributed by atoms with Gasteiger partial charge in [-0.3, -0.25) is 9.59 Å². The summed E-state index contributed by atoms with van der Waals surface area (Å²) in [7, 11) is 1.34. The number of carbonyl (C=O) groups excluding carboxylic acids is 3. The average molecular weight is 346 g/mol. The van der Waals surface area contributed by atoms with Crippen LogP contribution in [0.25, 0.3) is 0 Å².